The molecule has 1 saturated heterocycles. The number of furan rings is 1. The minimum Gasteiger partial charge on any atom is -0.493 e. The molecule has 0 atom stereocenters. The van der Waals surface area contributed by atoms with Crippen LogP contribution in [0.1, 0.15) is 34.5 Å². The molecule has 0 bridgehead atoms. The number of aryl methyl sites for hydroxylation is 1. The number of anilines is 1. The zero-order valence-electron chi connectivity index (χ0n) is 14.8. The molecule has 26 heavy (non-hydrogen) atoms. The first-order chi connectivity index (χ1) is 12.2. The molecular formula is C19H25ClN2O4. The van der Waals surface area contributed by atoms with Crippen LogP contribution in [0.25, 0.3) is 0 Å². The van der Waals surface area contributed by atoms with E-state index >= 15 is 0 Å². The second-order valence-corrected chi connectivity index (χ2v) is 6.31. The van der Waals surface area contributed by atoms with Gasteiger partial charge in [-0.1, -0.05) is 6.07 Å². The Morgan fingerprint density at radius 3 is 2.77 bits per heavy atom. The molecule has 2 heterocycles. The van der Waals surface area contributed by atoms with Crippen molar-refractivity contribution in [2.45, 2.75) is 26.3 Å². The fourth-order valence-corrected chi connectivity index (χ4v) is 2.76. The van der Waals surface area contributed by atoms with Gasteiger partial charge >= 0.3 is 0 Å². The summed E-state index contributed by atoms with van der Waals surface area (Å²) < 4.78 is 16.6. The van der Waals surface area contributed by atoms with Crippen LogP contribution in [0.4, 0.5) is 5.69 Å². The number of halogens is 1. The van der Waals surface area contributed by atoms with Crippen molar-refractivity contribution in [2.24, 2.45) is 11.7 Å². The molecule has 3 rings (SSSR count). The average molecular weight is 381 g/mol. The zero-order chi connectivity index (χ0) is 17.6. The van der Waals surface area contributed by atoms with Gasteiger partial charge in [-0.05, 0) is 43.4 Å². The minimum absolute atomic E-state index is 0. The van der Waals surface area contributed by atoms with E-state index in [1.807, 2.05) is 25.1 Å². The smallest absolute Gasteiger partial charge is 0.258 e. The summed E-state index contributed by atoms with van der Waals surface area (Å²) in [6, 6.07) is 7.30. The van der Waals surface area contributed by atoms with E-state index in [9.17, 15) is 4.79 Å². The third-order valence-electron chi connectivity index (χ3n) is 4.38. The molecule has 3 N–H and O–H groups in total. The predicted octanol–water partition coefficient (Wildman–Crippen LogP) is 3.53. The first-order valence-corrected chi connectivity index (χ1v) is 8.55. The Morgan fingerprint density at radius 1 is 1.31 bits per heavy atom. The van der Waals surface area contributed by atoms with E-state index in [1.54, 1.807) is 6.07 Å². The van der Waals surface area contributed by atoms with Crippen molar-refractivity contribution in [3.05, 3.63) is 47.4 Å². The van der Waals surface area contributed by atoms with E-state index in [0.29, 0.717) is 29.5 Å². The molecular weight excluding hydrogens is 356 g/mol. The van der Waals surface area contributed by atoms with Crippen LogP contribution < -0.4 is 15.8 Å². The van der Waals surface area contributed by atoms with Crippen LogP contribution in [0.5, 0.6) is 5.75 Å². The van der Waals surface area contributed by atoms with Crippen LogP contribution in [0.2, 0.25) is 0 Å². The third-order valence-corrected chi connectivity index (χ3v) is 4.38. The van der Waals surface area contributed by atoms with Gasteiger partial charge in [0.15, 0.2) is 0 Å². The van der Waals surface area contributed by atoms with Crippen LogP contribution in [-0.2, 0) is 11.3 Å². The van der Waals surface area contributed by atoms with E-state index in [4.69, 9.17) is 19.6 Å². The van der Waals surface area contributed by atoms with Gasteiger partial charge in [0.25, 0.3) is 5.91 Å². The van der Waals surface area contributed by atoms with E-state index in [0.717, 1.165) is 37.4 Å². The second-order valence-electron chi connectivity index (χ2n) is 6.31. The topological polar surface area (TPSA) is 86.7 Å². The quantitative estimate of drug-likeness (QED) is 0.800. The monoisotopic (exact) mass is 380 g/mol. The number of nitrogens with one attached hydrogen (secondary N) is 1. The van der Waals surface area contributed by atoms with Gasteiger partial charge in [0.1, 0.15) is 17.8 Å². The van der Waals surface area contributed by atoms with Crippen molar-refractivity contribution in [2.75, 3.05) is 25.1 Å². The maximum atomic E-state index is 12.3. The fraction of sp³-hybridized carbons (Fsp3) is 0.421. The number of amides is 1. The molecule has 0 saturated carbocycles. The molecule has 1 aliphatic rings. The molecule has 0 spiro atoms. The van der Waals surface area contributed by atoms with Crippen molar-refractivity contribution >= 4 is 24.0 Å². The summed E-state index contributed by atoms with van der Waals surface area (Å²) in [6.07, 6.45) is 3.47. The van der Waals surface area contributed by atoms with Gasteiger partial charge in [-0.3, -0.25) is 4.79 Å². The zero-order valence-corrected chi connectivity index (χ0v) is 15.6. The maximum absolute atomic E-state index is 12.3. The summed E-state index contributed by atoms with van der Waals surface area (Å²) in [7, 11) is 0. The molecule has 142 valence electrons. The number of nitrogens with two attached hydrogens (primary N) is 1. The highest BCUT2D eigenvalue weighted by atomic mass is 35.5. The Labute approximate surface area is 159 Å². The Bertz CT molecular complexity index is 726. The first kappa shape index (κ1) is 20.3. The summed E-state index contributed by atoms with van der Waals surface area (Å²) in [6.45, 7) is 4.54. The van der Waals surface area contributed by atoms with Gasteiger partial charge in [-0.15, -0.1) is 12.4 Å². The van der Waals surface area contributed by atoms with Gasteiger partial charge in [0.2, 0.25) is 0 Å². The van der Waals surface area contributed by atoms with E-state index in [2.05, 4.69) is 5.32 Å². The fourth-order valence-electron chi connectivity index (χ4n) is 2.76. The Balaban J connectivity index is 0.00000243. The highest BCUT2D eigenvalue weighted by Crippen LogP contribution is 2.25. The molecule has 7 heteroatoms. The number of carbonyl (C=O) groups is 1. The summed E-state index contributed by atoms with van der Waals surface area (Å²) in [5.41, 5.74) is 7.68. The van der Waals surface area contributed by atoms with Crippen molar-refractivity contribution in [1.29, 1.82) is 0 Å². The summed E-state index contributed by atoms with van der Waals surface area (Å²) in [4.78, 5) is 12.3. The highest BCUT2D eigenvalue weighted by Gasteiger charge is 2.15. The van der Waals surface area contributed by atoms with E-state index in [1.165, 1.54) is 6.26 Å². The number of carbonyl (C=O) groups excluding carboxylic acids is 1. The lowest BCUT2D eigenvalue weighted by molar-refractivity contribution is 0.0496. The molecule has 6 nitrogen and oxygen atoms in total. The minimum atomic E-state index is -0.234. The van der Waals surface area contributed by atoms with Crippen molar-refractivity contribution in [1.82, 2.24) is 0 Å². The van der Waals surface area contributed by atoms with Crippen molar-refractivity contribution in [3.63, 3.8) is 0 Å². The van der Waals surface area contributed by atoms with E-state index < -0.39 is 0 Å². The first-order valence-electron chi connectivity index (χ1n) is 8.55. The maximum Gasteiger partial charge on any atom is 0.258 e. The van der Waals surface area contributed by atoms with Crippen molar-refractivity contribution in [3.8, 4) is 5.75 Å². The standard InChI is InChI=1S/C19H24N2O4.ClH/c1-13-2-3-16(21-19(22)15-8-17(10-20)24-12-15)9-18(13)25-11-14-4-6-23-7-5-14;/h2-3,8-9,12,14H,4-7,10-11,20H2,1H3,(H,21,22);1H. The Hall–Kier alpha value is -2.02. The molecule has 1 aliphatic heterocycles. The largest absolute Gasteiger partial charge is 0.493 e. The molecule has 2 aromatic rings. The average Bonchev–Trinajstić information content (AvgIpc) is 3.12. The van der Waals surface area contributed by atoms with Crippen molar-refractivity contribution < 1.29 is 18.7 Å². The number of benzene rings is 1. The lowest BCUT2D eigenvalue weighted by Crippen LogP contribution is -2.21. The Kier molecular flexibility index (Phi) is 7.50. The molecule has 0 aliphatic carbocycles. The normalized spacial score (nSPS) is 14.5. The number of hydrogen-bond acceptors (Lipinski definition) is 5. The Morgan fingerprint density at radius 2 is 2.08 bits per heavy atom. The van der Waals surface area contributed by atoms with Gasteiger partial charge in [-0.25, -0.2) is 0 Å². The number of hydrogen-bond donors (Lipinski definition) is 2. The van der Waals surface area contributed by atoms with Crippen LogP contribution in [0.15, 0.2) is 34.9 Å². The molecule has 1 amide bonds. The lowest BCUT2D eigenvalue weighted by Gasteiger charge is -2.22. The van der Waals surface area contributed by atoms with Gasteiger partial charge in [0, 0.05) is 25.0 Å². The van der Waals surface area contributed by atoms with Crippen LogP contribution in [0.3, 0.4) is 0 Å². The number of rotatable bonds is 6. The second kappa shape index (κ2) is 9.62. The third kappa shape index (κ3) is 5.24. The number of ether oxygens (including phenoxy) is 2. The van der Waals surface area contributed by atoms with Crippen LogP contribution in [0, 0.1) is 12.8 Å². The molecule has 1 aromatic heterocycles. The van der Waals surface area contributed by atoms with E-state index in [-0.39, 0.29) is 24.9 Å². The molecule has 0 unspecified atom stereocenters. The van der Waals surface area contributed by atoms with Gasteiger partial charge in [0.05, 0.1) is 18.7 Å². The van der Waals surface area contributed by atoms with Gasteiger partial charge in [-0.2, -0.15) is 0 Å². The summed E-state index contributed by atoms with van der Waals surface area (Å²) >= 11 is 0. The molecule has 0 radical (unpaired) electrons. The van der Waals surface area contributed by atoms with Gasteiger partial charge < -0.3 is 24.9 Å². The summed E-state index contributed by atoms with van der Waals surface area (Å²) in [5.74, 6) is 1.66. The molecule has 1 aromatic carbocycles. The highest BCUT2D eigenvalue weighted by molar-refractivity contribution is 6.04. The van der Waals surface area contributed by atoms with Crippen LogP contribution in [-0.4, -0.2) is 25.7 Å². The summed E-state index contributed by atoms with van der Waals surface area (Å²) in [5, 5.41) is 2.86. The predicted molar refractivity (Wildman–Crippen MR) is 102 cm³/mol. The SMILES string of the molecule is Cc1ccc(NC(=O)c2coc(CN)c2)cc1OCC1CCOCC1.Cl. The van der Waals surface area contributed by atoms with Crippen LogP contribution >= 0.6 is 12.4 Å². The molecule has 1 fully saturated rings. The lowest BCUT2D eigenvalue weighted by atomic mass is 10.0.